The van der Waals surface area contributed by atoms with Gasteiger partial charge in [0.25, 0.3) is 0 Å². The van der Waals surface area contributed by atoms with Gasteiger partial charge in [-0.3, -0.25) is 0 Å². The van der Waals surface area contributed by atoms with E-state index in [4.69, 9.17) is 4.42 Å². The minimum Gasteiger partial charge on any atom is -0.455 e. The smallest absolute Gasteiger partial charge is 0.144 e. The molecule has 1 atom stereocenters. The number of benzene rings is 7. The minimum absolute atomic E-state index is 0.137. The van der Waals surface area contributed by atoms with E-state index in [1.807, 2.05) is 0 Å². The topological polar surface area (TPSA) is 16.4 Å². The van der Waals surface area contributed by atoms with Gasteiger partial charge in [0, 0.05) is 50.8 Å². The van der Waals surface area contributed by atoms with Crippen LogP contribution in [0, 0.1) is 0 Å². The Morgan fingerprint density at radius 2 is 1.33 bits per heavy atom. The van der Waals surface area contributed by atoms with Crippen LogP contribution in [0.5, 0.6) is 0 Å². The molecule has 244 valence electrons. The molecule has 10 rings (SSSR count). The van der Waals surface area contributed by atoms with E-state index in [-0.39, 0.29) is 5.41 Å². The van der Waals surface area contributed by atoms with Gasteiger partial charge >= 0.3 is 0 Å². The van der Waals surface area contributed by atoms with Crippen LogP contribution in [-0.4, -0.2) is 0 Å². The number of allylic oxidation sites excluding steroid dienone is 3. The normalized spacial score (nSPS) is 16.0. The van der Waals surface area contributed by atoms with Gasteiger partial charge < -0.3 is 9.32 Å². The molecule has 0 amide bonds. The van der Waals surface area contributed by atoms with E-state index >= 15 is 0 Å². The molecule has 0 spiro atoms. The average Bonchev–Trinajstić information content (AvgIpc) is 3.68. The Labute approximate surface area is 298 Å². The first-order valence-electron chi connectivity index (χ1n) is 18.0. The van der Waals surface area contributed by atoms with Gasteiger partial charge in [-0.25, -0.2) is 0 Å². The van der Waals surface area contributed by atoms with E-state index in [2.05, 4.69) is 189 Å². The molecule has 2 aliphatic rings. The Morgan fingerprint density at radius 1 is 0.627 bits per heavy atom. The molecular weight excluding hydrogens is 619 g/mol. The third-order valence-electron chi connectivity index (χ3n) is 11.1. The lowest BCUT2D eigenvalue weighted by molar-refractivity contribution is 0.657. The lowest BCUT2D eigenvalue weighted by atomic mass is 9.79. The van der Waals surface area contributed by atoms with Crippen LogP contribution in [0.3, 0.4) is 0 Å². The lowest BCUT2D eigenvalue weighted by Gasteiger charge is -2.29. The zero-order valence-corrected chi connectivity index (χ0v) is 28.8. The molecule has 1 unspecified atom stereocenters. The fourth-order valence-corrected chi connectivity index (χ4v) is 8.75. The zero-order chi connectivity index (χ0) is 34.1. The van der Waals surface area contributed by atoms with Gasteiger partial charge in [0.05, 0.1) is 0 Å². The van der Waals surface area contributed by atoms with Gasteiger partial charge in [0.1, 0.15) is 11.2 Å². The second-order valence-electron chi connectivity index (χ2n) is 14.4. The highest BCUT2D eigenvalue weighted by Gasteiger charge is 2.39. The predicted octanol–water partition coefficient (Wildman–Crippen LogP) is 13.5. The summed E-state index contributed by atoms with van der Waals surface area (Å²) in [7, 11) is 0. The highest BCUT2D eigenvalue weighted by Crippen LogP contribution is 2.56. The molecule has 8 aromatic rings. The highest BCUT2D eigenvalue weighted by atomic mass is 16.3. The summed E-state index contributed by atoms with van der Waals surface area (Å²) in [6.45, 7) is 4.71. The Bertz CT molecular complexity index is 2690. The molecule has 7 aromatic carbocycles. The Hall–Kier alpha value is -6.12. The molecule has 0 bridgehead atoms. The van der Waals surface area contributed by atoms with Crippen molar-refractivity contribution in [3.05, 3.63) is 192 Å². The molecule has 0 aliphatic heterocycles. The second-order valence-corrected chi connectivity index (χ2v) is 14.4. The van der Waals surface area contributed by atoms with Crippen molar-refractivity contribution in [2.45, 2.75) is 31.6 Å². The van der Waals surface area contributed by atoms with Gasteiger partial charge in [0.2, 0.25) is 0 Å². The quantitative estimate of drug-likeness (QED) is 0.183. The van der Waals surface area contributed by atoms with Crippen molar-refractivity contribution >= 4 is 44.1 Å². The van der Waals surface area contributed by atoms with Crippen molar-refractivity contribution < 1.29 is 4.42 Å². The first-order valence-corrected chi connectivity index (χ1v) is 18.0. The zero-order valence-electron chi connectivity index (χ0n) is 28.8. The van der Waals surface area contributed by atoms with Crippen LogP contribution in [0.1, 0.15) is 42.9 Å². The van der Waals surface area contributed by atoms with Crippen LogP contribution >= 0.6 is 0 Å². The highest BCUT2D eigenvalue weighted by molar-refractivity contribution is 6.25. The number of rotatable bonds is 5. The number of anilines is 2. The summed E-state index contributed by atoms with van der Waals surface area (Å²) >= 11 is 0. The maximum atomic E-state index is 7.07. The summed E-state index contributed by atoms with van der Waals surface area (Å²) in [5, 5.41) is 4.89. The van der Waals surface area contributed by atoms with Gasteiger partial charge in [-0.2, -0.15) is 0 Å². The van der Waals surface area contributed by atoms with Crippen LogP contribution in [0.25, 0.3) is 55.0 Å². The molecule has 0 N–H and O–H groups in total. The molecule has 0 radical (unpaired) electrons. The van der Waals surface area contributed by atoms with Crippen LogP contribution in [0.4, 0.5) is 11.4 Å². The van der Waals surface area contributed by atoms with Crippen molar-refractivity contribution in [1.82, 2.24) is 0 Å². The van der Waals surface area contributed by atoms with E-state index in [0.29, 0.717) is 5.92 Å². The molecule has 1 heterocycles. The van der Waals surface area contributed by atoms with Crippen molar-refractivity contribution in [2.75, 3.05) is 4.90 Å². The van der Waals surface area contributed by atoms with E-state index in [1.54, 1.807) is 0 Å². The van der Waals surface area contributed by atoms with Crippen molar-refractivity contribution in [2.24, 2.45) is 0 Å². The van der Waals surface area contributed by atoms with Crippen molar-refractivity contribution in [3.63, 3.8) is 0 Å². The monoisotopic (exact) mass is 655 g/mol. The molecule has 2 aliphatic carbocycles. The van der Waals surface area contributed by atoms with Crippen LogP contribution in [0.2, 0.25) is 0 Å². The summed E-state index contributed by atoms with van der Waals surface area (Å²) in [6.07, 6.45) is 7.96. The number of furan rings is 1. The van der Waals surface area contributed by atoms with E-state index in [0.717, 1.165) is 40.0 Å². The lowest BCUT2D eigenvalue weighted by Crippen LogP contribution is -2.17. The summed E-state index contributed by atoms with van der Waals surface area (Å²) in [6, 6.07) is 54.8. The van der Waals surface area contributed by atoms with E-state index in [1.165, 1.54) is 55.1 Å². The summed E-state index contributed by atoms with van der Waals surface area (Å²) in [5.74, 6) is 0.354. The van der Waals surface area contributed by atoms with Gasteiger partial charge in [-0.05, 0) is 80.9 Å². The van der Waals surface area contributed by atoms with Crippen LogP contribution in [0.15, 0.2) is 180 Å². The van der Waals surface area contributed by atoms with Gasteiger partial charge in [-0.1, -0.05) is 147 Å². The van der Waals surface area contributed by atoms with E-state index in [9.17, 15) is 0 Å². The van der Waals surface area contributed by atoms with Crippen LogP contribution < -0.4 is 4.90 Å². The summed E-state index contributed by atoms with van der Waals surface area (Å²) in [5.41, 5.74) is 14.0. The molecule has 2 heteroatoms. The Kier molecular flexibility index (Phi) is 6.69. The SMILES string of the molecule is CC1(C)c2ccccc2-c2c1c1ccccc1c1c2oc2cc(N(C3=CCC(c4ccccc4)C=C3)c3cccc(-c4ccccc4)c3)ccc21. The Morgan fingerprint density at radius 3 is 2.14 bits per heavy atom. The maximum Gasteiger partial charge on any atom is 0.144 e. The number of nitrogens with zero attached hydrogens (tertiary/aromatic N) is 1. The number of fused-ring (bicyclic) bond motifs is 10. The molecule has 51 heavy (non-hydrogen) atoms. The third kappa shape index (κ3) is 4.63. The second kappa shape index (κ2) is 11.5. The largest absolute Gasteiger partial charge is 0.455 e. The van der Waals surface area contributed by atoms with Crippen molar-refractivity contribution in [3.8, 4) is 22.3 Å². The molecule has 0 saturated heterocycles. The minimum atomic E-state index is -0.137. The fourth-order valence-electron chi connectivity index (χ4n) is 8.75. The average molecular weight is 656 g/mol. The standard InChI is InChI=1S/C49H37NO/c1-49(2)43-23-12-11-22-41(43)46-47(49)40-21-10-9-20-39(40)45-42-29-28-38(31-44(42)51-48(45)46)50(36-26-24-34(25-27-36)32-14-5-3-6-15-32)37-19-13-18-35(30-37)33-16-7-4-8-17-33/h3-24,26-31,34H,25H2,1-2H3. The molecule has 2 nitrogen and oxygen atoms in total. The third-order valence-corrected chi connectivity index (χ3v) is 11.1. The predicted molar refractivity (Wildman–Crippen MR) is 214 cm³/mol. The Balaban J connectivity index is 1.17. The molecular formula is C49H37NO. The summed E-state index contributed by atoms with van der Waals surface area (Å²) < 4.78 is 7.07. The van der Waals surface area contributed by atoms with Gasteiger partial charge in [-0.15, -0.1) is 0 Å². The number of hydrogen-bond acceptors (Lipinski definition) is 2. The van der Waals surface area contributed by atoms with Gasteiger partial charge in [0.15, 0.2) is 0 Å². The first-order chi connectivity index (χ1) is 25.1. The fraction of sp³-hybridized carbons (Fsp3) is 0.102. The van der Waals surface area contributed by atoms with Crippen molar-refractivity contribution in [1.29, 1.82) is 0 Å². The first kappa shape index (κ1) is 29.8. The molecule has 0 saturated carbocycles. The molecule has 1 aromatic heterocycles. The maximum absolute atomic E-state index is 7.07. The van der Waals surface area contributed by atoms with Crippen LogP contribution in [-0.2, 0) is 5.41 Å². The summed E-state index contributed by atoms with van der Waals surface area (Å²) in [4.78, 5) is 2.39. The molecule has 0 fully saturated rings. The number of hydrogen-bond donors (Lipinski definition) is 0. The van der Waals surface area contributed by atoms with E-state index < -0.39 is 0 Å².